The number of anilines is 2. The molecule has 2 N–H and O–H groups in total. The van der Waals surface area contributed by atoms with Crippen molar-refractivity contribution in [3.8, 4) is 0 Å². The molecule has 98 valence electrons. The zero-order valence-corrected chi connectivity index (χ0v) is 11.0. The number of aryl methyl sites for hydroxylation is 2. The van der Waals surface area contributed by atoms with Crippen LogP contribution in [0.15, 0.2) is 0 Å². The fraction of sp³-hybridized carbons (Fsp3) is 0.692. The van der Waals surface area contributed by atoms with E-state index in [0.717, 1.165) is 42.9 Å². The third-order valence-corrected chi connectivity index (χ3v) is 4.06. The normalized spacial score (nSPS) is 20.7. The highest BCUT2D eigenvalue weighted by molar-refractivity contribution is 5.97. The first-order valence-electron chi connectivity index (χ1n) is 6.77. The standard InChI is InChI=1S/C13H20N4O/c1-3-5-9-11-12(17(2)16-9)15-13(6-4-7-13)8-10(18)14-11/h15H,3-8H2,1-2H3,(H,14,18). The van der Waals surface area contributed by atoms with Gasteiger partial charge >= 0.3 is 0 Å². The Morgan fingerprint density at radius 3 is 2.83 bits per heavy atom. The van der Waals surface area contributed by atoms with Gasteiger partial charge in [-0.2, -0.15) is 5.10 Å². The highest BCUT2D eigenvalue weighted by atomic mass is 16.1. The summed E-state index contributed by atoms with van der Waals surface area (Å²) in [6.07, 6.45) is 5.87. The molecule has 1 saturated carbocycles. The minimum atomic E-state index is -0.0212. The van der Waals surface area contributed by atoms with E-state index >= 15 is 0 Å². The van der Waals surface area contributed by atoms with E-state index in [2.05, 4.69) is 22.7 Å². The van der Waals surface area contributed by atoms with Gasteiger partial charge in [0.15, 0.2) is 0 Å². The van der Waals surface area contributed by atoms with Gasteiger partial charge in [0, 0.05) is 19.0 Å². The highest BCUT2D eigenvalue weighted by Crippen LogP contribution is 2.42. The lowest BCUT2D eigenvalue weighted by molar-refractivity contribution is -0.117. The van der Waals surface area contributed by atoms with Gasteiger partial charge in [-0.25, -0.2) is 0 Å². The van der Waals surface area contributed by atoms with Crippen LogP contribution in [-0.4, -0.2) is 21.2 Å². The van der Waals surface area contributed by atoms with Gasteiger partial charge in [-0.1, -0.05) is 13.3 Å². The minimum absolute atomic E-state index is 0.0212. The summed E-state index contributed by atoms with van der Waals surface area (Å²) < 4.78 is 1.87. The van der Waals surface area contributed by atoms with Crippen molar-refractivity contribution in [3.63, 3.8) is 0 Å². The summed E-state index contributed by atoms with van der Waals surface area (Å²) in [4.78, 5) is 12.0. The molecule has 1 aliphatic heterocycles. The maximum Gasteiger partial charge on any atom is 0.226 e. The van der Waals surface area contributed by atoms with Crippen molar-refractivity contribution in [2.24, 2.45) is 7.05 Å². The summed E-state index contributed by atoms with van der Waals surface area (Å²) >= 11 is 0. The van der Waals surface area contributed by atoms with Crippen LogP contribution in [0.25, 0.3) is 0 Å². The van der Waals surface area contributed by atoms with Crippen LogP contribution in [0.2, 0.25) is 0 Å². The van der Waals surface area contributed by atoms with E-state index in [1.54, 1.807) is 0 Å². The predicted octanol–water partition coefficient (Wildman–Crippen LogP) is 2.05. The Labute approximate surface area is 107 Å². The number of hydrogen-bond donors (Lipinski definition) is 2. The maximum atomic E-state index is 12.0. The zero-order chi connectivity index (χ0) is 12.8. The lowest BCUT2D eigenvalue weighted by Gasteiger charge is -2.41. The van der Waals surface area contributed by atoms with Gasteiger partial charge in [0.05, 0.1) is 5.69 Å². The number of hydrogen-bond acceptors (Lipinski definition) is 3. The molecular formula is C13H20N4O. The molecule has 1 aromatic rings. The van der Waals surface area contributed by atoms with Gasteiger partial charge in [0.25, 0.3) is 0 Å². The quantitative estimate of drug-likeness (QED) is 0.842. The van der Waals surface area contributed by atoms with Gasteiger partial charge in [-0.15, -0.1) is 0 Å². The van der Waals surface area contributed by atoms with E-state index in [0.29, 0.717) is 6.42 Å². The van der Waals surface area contributed by atoms with E-state index in [1.165, 1.54) is 6.42 Å². The van der Waals surface area contributed by atoms with Crippen molar-refractivity contribution in [2.75, 3.05) is 10.6 Å². The van der Waals surface area contributed by atoms with Gasteiger partial charge in [0.2, 0.25) is 5.91 Å². The summed E-state index contributed by atoms with van der Waals surface area (Å²) in [6, 6.07) is 0. The summed E-state index contributed by atoms with van der Waals surface area (Å²) in [5.41, 5.74) is 1.87. The van der Waals surface area contributed by atoms with E-state index in [9.17, 15) is 4.79 Å². The molecule has 3 rings (SSSR count). The van der Waals surface area contributed by atoms with E-state index in [1.807, 2.05) is 11.7 Å². The molecule has 18 heavy (non-hydrogen) atoms. The van der Waals surface area contributed by atoms with Crippen LogP contribution in [0.1, 0.15) is 44.7 Å². The van der Waals surface area contributed by atoms with Crippen LogP contribution in [-0.2, 0) is 18.3 Å². The number of amides is 1. The molecule has 0 radical (unpaired) electrons. The van der Waals surface area contributed by atoms with Crippen molar-refractivity contribution in [1.82, 2.24) is 9.78 Å². The topological polar surface area (TPSA) is 59.0 Å². The predicted molar refractivity (Wildman–Crippen MR) is 70.7 cm³/mol. The van der Waals surface area contributed by atoms with Gasteiger partial charge in [-0.05, 0) is 25.7 Å². The van der Waals surface area contributed by atoms with Crippen molar-refractivity contribution in [3.05, 3.63) is 5.69 Å². The monoisotopic (exact) mass is 248 g/mol. The van der Waals surface area contributed by atoms with Crippen LogP contribution < -0.4 is 10.6 Å². The van der Waals surface area contributed by atoms with Crippen molar-refractivity contribution in [1.29, 1.82) is 0 Å². The van der Waals surface area contributed by atoms with Gasteiger partial charge < -0.3 is 10.6 Å². The smallest absolute Gasteiger partial charge is 0.226 e. The second-order valence-corrected chi connectivity index (χ2v) is 5.53. The molecule has 1 aromatic heterocycles. The molecule has 0 bridgehead atoms. The van der Waals surface area contributed by atoms with Gasteiger partial charge in [0.1, 0.15) is 11.5 Å². The number of fused-ring (bicyclic) bond motifs is 1. The van der Waals surface area contributed by atoms with Crippen LogP contribution in [0, 0.1) is 0 Å². The summed E-state index contributed by atoms with van der Waals surface area (Å²) in [7, 11) is 1.94. The average Bonchev–Trinajstić information content (AvgIpc) is 2.48. The molecule has 1 spiro atoms. The average molecular weight is 248 g/mol. The second-order valence-electron chi connectivity index (χ2n) is 5.53. The Hall–Kier alpha value is -1.52. The number of aromatic nitrogens is 2. The lowest BCUT2D eigenvalue weighted by atomic mass is 9.74. The molecule has 5 nitrogen and oxygen atoms in total. The molecule has 2 aliphatic rings. The molecule has 1 aliphatic carbocycles. The first-order chi connectivity index (χ1) is 8.63. The Morgan fingerprint density at radius 2 is 2.22 bits per heavy atom. The van der Waals surface area contributed by atoms with Crippen molar-refractivity contribution in [2.45, 2.75) is 51.0 Å². The Kier molecular flexibility index (Phi) is 2.57. The molecule has 1 fully saturated rings. The van der Waals surface area contributed by atoms with Crippen LogP contribution >= 0.6 is 0 Å². The summed E-state index contributed by atoms with van der Waals surface area (Å²) in [6.45, 7) is 2.13. The fourth-order valence-corrected chi connectivity index (χ4v) is 2.96. The maximum absolute atomic E-state index is 12.0. The van der Waals surface area contributed by atoms with Crippen molar-refractivity contribution >= 4 is 17.4 Å². The first-order valence-corrected chi connectivity index (χ1v) is 6.77. The SMILES string of the molecule is CCCc1nn(C)c2c1NC(=O)CC1(CCC1)N2. The van der Waals surface area contributed by atoms with Crippen molar-refractivity contribution < 1.29 is 4.79 Å². The summed E-state index contributed by atoms with van der Waals surface area (Å²) in [5, 5.41) is 11.1. The summed E-state index contributed by atoms with van der Waals surface area (Å²) in [5.74, 6) is 1.09. The first kappa shape index (κ1) is 11.6. The molecule has 0 atom stereocenters. The molecule has 5 heteroatoms. The lowest BCUT2D eigenvalue weighted by Crippen LogP contribution is -2.46. The molecule has 1 amide bonds. The molecule has 0 unspecified atom stereocenters. The third-order valence-electron chi connectivity index (χ3n) is 4.06. The largest absolute Gasteiger partial charge is 0.363 e. The Balaban J connectivity index is 2.01. The number of nitrogens with zero attached hydrogens (tertiary/aromatic N) is 2. The van der Waals surface area contributed by atoms with E-state index in [4.69, 9.17) is 0 Å². The minimum Gasteiger partial charge on any atom is -0.363 e. The van der Waals surface area contributed by atoms with E-state index in [-0.39, 0.29) is 11.4 Å². The van der Waals surface area contributed by atoms with E-state index < -0.39 is 0 Å². The molecule has 0 aromatic carbocycles. The van der Waals surface area contributed by atoms with Crippen LogP contribution in [0.3, 0.4) is 0 Å². The zero-order valence-electron chi connectivity index (χ0n) is 11.0. The van der Waals surface area contributed by atoms with Gasteiger partial charge in [-0.3, -0.25) is 9.48 Å². The van der Waals surface area contributed by atoms with Crippen LogP contribution in [0.4, 0.5) is 11.5 Å². The number of carbonyl (C=O) groups excluding carboxylic acids is 1. The Morgan fingerprint density at radius 1 is 1.44 bits per heavy atom. The molecule has 0 saturated heterocycles. The highest BCUT2D eigenvalue weighted by Gasteiger charge is 2.42. The molecule has 2 heterocycles. The molecular weight excluding hydrogens is 228 g/mol. The third kappa shape index (κ3) is 1.69. The van der Waals surface area contributed by atoms with Crippen LogP contribution in [0.5, 0.6) is 0 Å². The number of rotatable bonds is 2. The second kappa shape index (κ2) is 4.00. The fourth-order valence-electron chi connectivity index (χ4n) is 2.96. The Bertz CT molecular complexity index is 487. The number of carbonyl (C=O) groups is 1. The number of nitrogens with one attached hydrogen (secondary N) is 2.